The normalized spacial score (nSPS) is 25.8. The monoisotopic (exact) mass is 331 g/mol. The molecule has 1 heterocycles. The van der Waals surface area contributed by atoms with E-state index in [0.717, 1.165) is 57.4 Å². The van der Waals surface area contributed by atoms with Gasteiger partial charge in [-0.2, -0.15) is 0 Å². The summed E-state index contributed by atoms with van der Waals surface area (Å²) >= 11 is 0. The van der Waals surface area contributed by atoms with Gasteiger partial charge in [0, 0.05) is 30.8 Å². The highest BCUT2D eigenvalue weighted by Crippen LogP contribution is 2.26. The molecule has 0 bridgehead atoms. The van der Waals surface area contributed by atoms with Gasteiger partial charge in [0.15, 0.2) is 0 Å². The van der Waals surface area contributed by atoms with Crippen LogP contribution < -0.4 is 11.1 Å². The lowest BCUT2D eigenvalue weighted by molar-refractivity contribution is -0.119. The maximum absolute atomic E-state index is 12.3. The van der Waals surface area contributed by atoms with Crippen LogP contribution in [0.5, 0.6) is 0 Å². The molecule has 2 fully saturated rings. The highest BCUT2D eigenvalue weighted by atomic mass is 16.3. The molecule has 1 aromatic carbocycles. The Morgan fingerprint density at radius 3 is 2.71 bits per heavy atom. The second-order valence-electron chi connectivity index (χ2n) is 7.36. The Morgan fingerprint density at radius 2 is 2.04 bits per heavy atom. The molecule has 5 heteroatoms. The van der Waals surface area contributed by atoms with E-state index in [1.54, 1.807) is 0 Å². The Balaban J connectivity index is 1.53. The molecule has 2 atom stereocenters. The summed E-state index contributed by atoms with van der Waals surface area (Å²) in [5, 5.41) is 12.3. The van der Waals surface area contributed by atoms with Crippen molar-refractivity contribution < 1.29 is 9.90 Å². The first-order valence-corrected chi connectivity index (χ1v) is 9.12. The number of amides is 1. The molecule has 1 saturated heterocycles. The lowest BCUT2D eigenvalue weighted by atomic mass is 9.97. The number of carbonyl (C=O) groups is 1. The van der Waals surface area contributed by atoms with Gasteiger partial charge in [0.05, 0.1) is 0 Å². The number of carbonyl (C=O) groups excluding carboxylic acids is 1. The van der Waals surface area contributed by atoms with Crippen LogP contribution in [0.3, 0.4) is 0 Å². The summed E-state index contributed by atoms with van der Waals surface area (Å²) in [6, 6.07) is 8.32. The van der Waals surface area contributed by atoms with Crippen LogP contribution >= 0.6 is 0 Å². The van der Waals surface area contributed by atoms with Gasteiger partial charge >= 0.3 is 0 Å². The third kappa shape index (κ3) is 4.56. The molecule has 1 aliphatic carbocycles. The van der Waals surface area contributed by atoms with Gasteiger partial charge in [0.1, 0.15) is 0 Å². The molecule has 1 aliphatic heterocycles. The molecule has 0 aromatic heterocycles. The second-order valence-corrected chi connectivity index (χ2v) is 7.36. The van der Waals surface area contributed by atoms with Crippen molar-refractivity contribution in [2.75, 3.05) is 25.0 Å². The number of anilines is 1. The molecule has 1 saturated carbocycles. The van der Waals surface area contributed by atoms with Crippen LogP contribution in [0.15, 0.2) is 24.3 Å². The maximum Gasteiger partial charge on any atom is 0.227 e. The highest BCUT2D eigenvalue weighted by molar-refractivity contribution is 5.92. The molecule has 24 heavy (non-hydrogen) atoms. The summed E-state index contributed by atoms with van der Waals surface area (Å²) in [5.41, 5.74) is 8.00. The number of rotatable bonds is 5. The number of nitrogens with zero attached hydrogens (tertiary/aromatic N) is 1. The molecule has 0 radical (unpaired) electrons. The van der Waals surface area contributed by atoms with Gasteiger partial charge in [-0.3, -0.25) is 9.69 Å². The van der Waals surface area contributed by atoms with E-state index in [0.29, 0.717) is 12.5 Å². The third-order valence-electron chi connectivity index (χ3n) is 5.41. The van der Waals surface area contributed by atoms with Gasteiger partial charge in [0.25, 0.3) is 0 Å². The molecule has 5 nitrogen and oxygen atoms in total. The average molecular weight is 331 g/mol. The van der Waals surface area contributed by atoms with Crippen LogP contribution in [0.1, 0.15) is 37.7 Å². The summed E-state index contributed by atoms with van der Waals surface area (Å²) < 4.78 is 0. The first-order valence-electron chi connectivity index (χ1n) is 9.12. The number of nitrogens with two attached hydrogens (primary N) is 1. The van der Waals surface area contributed by atoms with E-state index in [1.807, 2.05) is 12.1 Å². The fourth-order valence-corrected chi connectivity index (χ4v) is 3.83. The number of aliphatic hydroxyl groups is 1. The Bertz CT molecular complexity index is 555. The van der Waals surface area contributed by atoms with Crippen molar-refractivity contribution in [1.29, 1.82) is 0 Å². The van der Waals surface area contributed by atoms with Gasteiger partial charge < -0.3 is 16.2 Å². The zero-order valence-electron chi connectivity index (χ0n) is 14.3. The van der Waals surface area contributed by atoms with Crippen molar-refractivity contribution >= 4 is 11.6 Å². The number of nitrogens with one attached hydrogen (secondary N) is 1. The predicted octanol–water partition coefficient (Wildman–Crippen LogP) is 1.96. The molecule has 2 aliphatic rings. The number of piperidine rings is 1. The smallest absolute Gasteiger partial charge is 0.227 e. The number of hydrogen-bond donors (Lipinski definition) is 3. The second kappa shape index (κ2) is 8.10. The SMILES string of the molecule is NC1CCC(C(=O)Nc2cccc(CN3CCC(CO)CC3)c2)C1. The summed E-state index contributed by atoms with van der Waals surface area (Å²) in [6.45, 7) is 3.26. The van der Waals surface area contributed by atoms with Crippen molar-refractivity contribution in [2.45, 2.75) is 44.7 Å². The van der Waals surface area contributed by atoms with Crippen molar-refractivity contribution in [1.82, 2.24) is 4.90 Å². The van der Waals surface area contributed by atoms with E-state index in [1.165, 1.54) is 5.56 Å². The van der Waals surface area contributed by atoms with E-state index < -0.39 is 0 Å². The Kier molecular flexibility index (Phi) is 5.87. The standard InChI is InChI=1S/C19H29N3O2/c20-17-5-4-16(11-17)19(24)21-18-3-1-2-15(10-18)12-22-8-6-14(13-23)7-9-22/h1-3,10,14,16-17,23H,4-9,11-13,20H2,(H,21,24). The van der Waals surface area contributed by atoms with Crippen molar-refractivity contribution in [2.24, 2.45) is 17.6 Å². The molecule has 1 aromatic rings. The summed E-state index contributed by atoms with van der Waals surface area (Å²) in [5.74, 6) is 0.620. The van der Waals surface area contributed by atoms with Crippen molar-refractivity contribution in [3.8, 4) is 0 Å². The zero-order chi connectivity index (χ0) is 16.9. The van der Waals surface area contributed by atoms with E-state index >= 15 is 0 Å². The minimum Gasteiger partial charge on any atom is -0.396 e. The number of aliphatic hydroxyl groups excluding tert-OH is 1. The molecule has 2 unspecified atom stereocenters. The van der Waals surface area contributed by atoms with Gasteiger partial charge in [-0.15, -0.1) is 0 Å². The number of benzene rings is 1. The minimum atomic E-state index is 0.0566. The molecule has 4 N–H and O–H groups in total. The summed E-state index contributed by atoms with van der Waals surface area (Å²) in [7, 11) is 0. The lowest BCUT2D eigenvalue weighted by Gasteiger charge is -2.31. The van der Waals surface area contributed by atoms with Gasteiger partial charge in [0.2, 0.25) is 5.91 Å². The Hall–Kier alpha value is -1.43. The van der Waals surface area contributed by atoms with Crippen molar-refractivity contribution in [3.63, 3.8) is 0 Å². The van der Waals surface area contributed by atoms with E-state index in [4.69, 9.17) is 5.73 Å². The summed E-state index contributed by atoms with van der Waals surface area (Å²) in [4.78, 5) is 14.7. The zero-order valence-corrected chi connectivity index (χ0v) is 14.3. The molecule has 132 valence electrons. The molecular weight excluding hydrogens is 302 g/mol. The number of hydrogen-bond acceptors (Lipinski definition) is 4. The summed E-state index contributed by atoms with van der Waals surface area (Å²) in [6.07, 6.45) is 4.77. The fraction of sp³-hybridized carbons (Fsp3) is 0.632. The molecular formula is C19H29N3O2. The highest BCUT2D eigenvalue weighted by Gasteiger charge is 2.27. The molecule has 3 rings (SSSR count). The van der Waals surface area contributed by atoms with Crippen LogP contribution in [0.2, 0.25) is 0 Å². The molecule has 0 spiro atoms. The predicted molar refractivity (Wildman–Crippen MR) is 95.5 cm³/mol. The van der Waals surface area contributed by atoms with E-state index in [-0.39, 0.29) is 17.9 Å². The Labute approximate surface area is 144 Å². The first-order chi connectivity index (χ1) is 11.6. The van der Waals surface area contributed by atoms with Crippen LogP contribution in [-0.4, -0.2) is 41.7 Å². The number of likely N-dealkylation sites (tertiary alicyclic amines) is 1. The van der Waals surface area contributed by atoms with Gasteiger partial charge in [-0.1, -0.05) is 12.1 Å². The maximum atomic E-state index is 12.3. The minimum absolute atomic E-state index is 0.0566. The molecule has 1 amide bonds. The van der Waals surface area contributed by atoms with Crippen LogP contribution in [0.4, 0.5) is 5.69 Å². The average Bonchev–Trinajstić information content (AvgIpc) is 3.02. The van der Waals surface area contributed by atoms with E-state index in [2.05, 4.69) is 22.3 Å². The first kappa shape index (κ1) is 17.4. The third-order valence-corrected chi connectivity index (χ3v) is 5.41. The lowest BCUT2D eigenvalue weighted by Crippen LogP contribution is -2.34. The Morgan fingerprint density at radius 1 is 1.25 bits per heavy atom. The van der Waals surface area contributed by atoms with Crippen LogP contribution in [0.25, 0.3) is 0 Å². The van der Waals surface area contributed by atoms with Gasteiger partial charge in [-0.05, 0) is 68.8 Å². The van der Waals surface area contributed by atoms with E-state index in [9.17, 15) is 9.90 Å². The fourth-order valence-electron chi connectivity index (χ4n) is 3.83. The largest absolute Gasteiger partial charge is 0.396 e. The quantitative estimate of drug-likeness (QED) is 0.771. The van der Waals surface area contributed by atoms with Gasteiger partial charge in [-0.25, -0.2) is 0 Å². The van der Waals surface area contributed by atoms with Crippen LogP contribution in [-0.2, 0) is 11.3 Å². The van der Waals surface area contributed by atoms with Crippen LogP contribution in [0, 0.1) is 11.8 Å². The van der Waals surface area contributed by atoms with Crippen molar-refractivity contribution in [3.05, 3.63) is 29.8 Å². The topological polar surface area (TPSA) is 78.6 Å².